The number of hydrogen-bond acceptors (Lipinski definition) is 9. The predicted octanol–water partition coefficient (Wildman–Crippen LogP) is 5.47. The van der Waals surface area contributed by atoms with E-state index in [1.807, 2.05) is 4.90 Å². The second-order valence-corrected chi connectivity index (χ2v) is 13.6. The number of nitrogens with zero attached hydrogens (tertiary/aromatic N) is 5. The molecule has 3 N–H and O–H groups in total. The van der Waals surface area contributed by atoms with Crippen molar-refractivity contribution in [3.05, 3.63) is 28.8 Å². The molecule has 18 heteroatoms. The van der Waals surface area contributed by atoms with Gasteiger partial charge < -0.3 is 25.4 Å². The summed E-state index contributed by atoms with van der Waals surface area (Å²) in [6.07, 6.45) is -11.5. The summed E-state index contributed by atoms with van der Waals surface area (Å²) in [5.41, 5.74) is -1.21. The van der Waals surface area contributed by atoms with Gasteiger partial charge in [0.05, 0.1) is 22.8 Å². The lowest BCUT2D eigenvalue weighted by Crippen LogP contribution is -2.66. The molecule has 0 saturated carbocycles. The Bertz CT molecular complexity index is 1860. The maximum Gasteiger partial charge on any atom is 0.427 e. The number of alkyl halides is 7. The predicted molar refractivity (Wildman–Crippen MR) is 157 cm³/mol. The fourth-order valence-electron chi connectivity index (χ4n) is 8.55. The van der Waals surface area contributed by atoms with E-state index in [-0.39, 0.29) is 38.0 Å². The molecule has 2 aromatic heterocycles. The molecule has 6 atom stereocenters. The standard InChI is InChI=1S/C31H30F9N7O2/c1-12-19(30(35,36)37)15(7-16(41)20(12)33)22-21(34)23-18-26(45-28(44-23)48-11-29-5-2-6-46(29)9-13(32)8-29)47-10-14-3-4-17(42-14)24(47)25(31(38,39)40)49-27(18)43-22/h7,13-14,17,24-25,42H,2-6,8-11,41H2,1H3/t13-,14-,17+,24+,25+,29+/m1/s1. The van der Waals surface area contributed by atoms with Crippen LogP contribution < -0.4 is 25.4 Å². The first kappa shape index (κ1) is 32.4. The summed E-state index contributed by atoms with van der Waals surface area (Å²) < 4.78 is 145. The van der Waals surface area contributed by atoms with Crippen molar-refractivity contribution in [3.8, 4) is 23.1 Å². The van der Waals surface area contributed by atoms with Crippen molar-refractivity contribution in [1.82, 2.24) is 25.2 Å². The third-order valence-electron chi connectivity index (χ3n) is 10.6. The Balaban J connectivity index is 1.36. The lowest BCUT2D eigenvalue weighted by atomic mass is 9.95. The number of hydrogen-bond donors (Lipinski definition) is 2. The molecule has 4 saturated heterocycles. The van der Waals surface area contributed by atoms with Crippen LogP contribution in [0.3, 0.4) is 0 Å². The van der Waals surface area contributed by atoms with E-state index in [1.165, 1.54) is 4.90 Å². The highest BCUT2D eigenvalue weighted by molar-refractivity contribution is 5.97. The van der Waals surface area contributed by atoms with Gasteiger partial charge in [-0.1, -0.05) is 0 Å². The molecule has 2 bridgehead atoms. The fraction of sp³-hybridized carbons (Fsp3) is 0.581. The zero-order valence-electron chi connectivity index (χ0n) is 25.9. The lowest BCUT2D eigenvalue weighted by Gasteiger charge is -2.43. The van der Waals surface area contributed by atoms with Crippen LogP contribution >= 0.6 is 0 Å². The molecule has 0 aliphatic carbocycles. The average molecular weight is 704 g/mol. The third kappa shape index (κ3) is 5.02. The van der Waals surface area contributed by atoms with Crippen LogP contribution in [-0.2, 0) is 6.18 Å². The van der Waals surface area contributed by atoms with Gasteiger partial charge >= 0.3 is 18.4 Å². The molecule has 7 heterocycles. The molecular weight excluding hydrogens is 673 g/mol. The number of ether oxygens (including phenoxy) is 2. The first-order valence-electron chi connectivity index (χ1n) is 15.9. The second kappa shape index (κ2) is 10.8. The van der Waals surface area contributed by atoms with E-state index in [4.69, 9.17) is 15.2 Å². The number of aromatic nitrogens is 3. The van der Waals surface area contributed by atoms with Gasteiger partial charge in [0.25, 0.3) is 0 Å². The Morgan fingerprint density at radius 3 is 2.59 bits per heavy atom. The number of pyridine rings is 1. The lowest BCUT2D eigenvalue weighted by molar-refractivity contribution is -0.203. The monoisotopic (exact) mass is 703 g/mol. The van der Waals surface area contributed by atoms with Crippen molar-refractivity contribution < 1.29 is 49.0 Å². The Morgan fingerprint density at radius 1 is 1.08 bits per heavy atom. The third-order valence-corrected chi connectivity index (χ3v) is 10.6. The number of piperazine rings is 1. The van der Waals surface area contributed by atoms with Crippen LogP contribution in [0.1, 0.15) is 43.2 Å². The summed E-state index contributed by atoms with van der Waals surface area (Å²) in [6, 6.07) is -2.34. The molecule has 49 heavy (non-hydrogen) atoms. The average Bonchev–Trinajstić information content (AvgIpc) is 3.65. The van der Waals surface area contributed by atoms with Gasteiger partial charge in [-0.3, -0.25) is 4.90 Å². The Hall–Kier alpha value is -3.80. The molecule has 1 aromatic carbocycles. The molecule has 264 valence electrons. The number of nitrogens with two attached hydrogens (primary N) is 1. The zero-order chi connectivity index (χ0) is 34.8. The number of rotatable bonds is 4. The molecule has 5 aliphatic heterocycles. The summed E-state index contributed by atoms with van der Waals surface area (Å²) >= 11 is 0. The smallest absolute Gasteiger partial charge is 0.427 e. The van der Waals surface area contributed by atoms with Gasteiger partial charge in [0.2, 0.25) is 12.0 Å². The van der Waals surface area contributed by atoms with Gasteiger partial charge in [0.15, 0.2) is 5.82 Å². The molecule has 5 aliphatic rings. The van der Waals surface area contributed by atoms with Gasteiger partial charge in [0, 0.05) is 37.2 Å². The molecule has 0 amide bonds. The first-order valence-corrected chi connectivity index (χ1v) is 15.9. The highest BCUT2D eigenvalue weighted by Gasteiger charge is 2.58. The number of nitrogen functional groups attached to an aromatic ring is 1. The molecule has 0 unspecified atom stereocenters. The van der Waals surface area contributed by atoms with Crippen molar-refractivity contribution in [2.24, 2.45) is 0 Å². The minimum atomic E-state index is -5.25. The molecule has 3 aromatic rings. The van der Waals surface area contributed by atoms with Gasteiger partial charge in [-0.25, -0.2) is 18.2 Å². The van der Waals surface area contributed by atoms with Crippen LogP contribution in [-0.4, -0.2) is 88.2 Å². The Kier molecular flexibility index (Phi) is 7.17. The molecule has 0 spiro atoms. The number of benzene rings is 1. The quantitative estimate of drug-likeness (QED) is 0.271. The summed E-state index contributed by atoms with van der Waals surface area (Å²) in [6.45, 7) is 1.52. The highest BCUT2D eigenvalue weighted by Crippen LogP contribution is 2.49. The fourth-order valence-corrected chi connectivity index (χ4v) is 8.55. The van der Waals surface area contributed by atoms with Crippen LogP contribution in [0.5, 0.6) is 11.9 Å². The molecule has 0 radical (unpaired) electrons. The van der Waals surface area contributed by atoms with E-state index in [1.54, 1.807) is 0 Å². The number of fused-ring (bicyclic) bond motifs is 6. The van der Waals surface area contributed by atoms with E-state index < -0.39 is 105 Å². The molecule has 4 fully saturated rings. The van der Waals surface area contributed by atoms with Crippen LogP contribution in [0.4, 0.5) is 51.0 Å². The van der Waals surface area contributed by atoms with E-state index in [0.29, 0.717) is 31.9 Å². The maximum absolute atomic E-state index is 16.8. The van der Waals surface area contributed by atoms with E-state index in [2.05, 4.69) is 20.3 Å². The van der Waals surface area contributed by atoms with E-state index in [9.17, 15) is 35.1 Å². The Labute approximate surface area is 272 Å². The first-order chi connectivity index (χ1) is 23.1. The van der Waals surface area contributed by atoms with Gasteiger partial charge in [-0.05, 0) is 50.8 Å². The van der Waals surface area contributed by atoms with Crippen molar-refractivity contribution in [1.29, 1.82) is 0 Å². The normalized spacial score (nSPS) is 29.6. The summed E-state index contributed by atoms with van der Waals surface area (Å²) in [5, 5.41) is 2.78. The summed E-state index contributed by atoms with van der Waals surface area (Å²) in [5.74, 6) is -3.90. The zero-order valence-corrected chi connectivity index (χ0v) is 25.9. The number of nitrogens with one attached hydrogen (secondary N) is 1. The van der Waals surface area contributed by atoms with Crippen molar-refractivity contribution in [3.63, 3.8) is 0 Å². The maximum atomic E-state index is 16.8. The highest BCUT2D eigenvalue weighted by atomic mass is 19.4. The van der Waals surface area contributed by atoms with Crippen LogP contribution in [0.2, 0.25) is 0 Å². The van der Waals surface area contributed by atoms with E-state index >= 15 is 4.39 Å². The van der Waals surface area contributed by atoms with Crippen molar-refractivity contribution in [2.45, 2.75) is 87.3 Å². The minimum absolute atomic E-state index is 0.0125. The molecule has 8 rings (SSSR count). The Morgan fingerprint density at radius 2 is 1.86 bits per heavy atom. The molecular formula is C31H30F9N7O2. The largest absolute Gasteiger partial charge is 0.462 e. The number of anilines is 2. The van der Waals surface area contributed by atoms with Crippen molar-refractivity contribution >= 4 is 22.4 Å². The van der Waals surface area contributed by atoms with Gasteiger partial charge in [-0.15, -0.1) is 0 Å². The van der Waals surface area contributed by atoms with Gasteiger partial charge in [-0.2, -0.15) is 36.3 Å². The van der Waals surface area contributed by atoms with E-state index in [0.717, 1.165) is 13.3 Å². The second-order valence-electron chi connectivity index (χ2n) is 13.6. The summed E-state index contributed by atoms with van der Waals surface area (Å²) in [7, 11) is 0. The van der Waals surface area contributed by atoms with Crippen molar-refractivity contribution in [2.75, 3.05) is 36.9 Å². The topological polar surface area (TPSA) is 102 Å². The minimum Gasteiger partial charge on any atom is -0.462 e. The number of halogens is 9. The van der Waals surface area contributed by atoms with Crippen LogP contribution in [0.15, 0.2) is 6.07 Å². The summed E-state index contributed by atoms with van der Waals surface area (Å²) in [4.78, 5) is 15.9. The molecule has 9 nitrogen and oxygen atoms in total. The van der Waals surface area contributed by atoms with Gasteiger partial charge in [0.1, 0.15) is 41.0 Å². The SMILES string of the molecule is Cc1c(F)c(N)cc(-c2nc3c4c(nc(OC[C@@]56CCCN5C[C@H](F)C6)nc4c2F)N2C[C@H]4CC[C@H](N4)[C@H]2[C@@H](C(F)(F)F)O3)c1C(F)(F)F. The van der Waals surface area contributed by atoms with Crippen LogP contribution in [0, 0.1) is 18.6 Å². The van der Waals surface area contributed by atoms with Crippen LogP contribution in [0.25, 0.3) is 22.2 Å².